The molecule has 0 saturated heterocycles. The van der Waals surface area contributed by atoms with Gasteiger partial charge in [0.2, 0.25) is 5.91 Å². The number of hydrogen-bond donors (Lipinski definition) is 1. The van der Waals surface area contributed by atoms with Gasteiger partial charge in [-0.05, 0) is 60.7 Å². The van der Waals surface area contributed by atoms with Crippen molar-refractivity contribution >= 4 is 17.6 Å². The first-order valence-electron chi connectivity index (χ1n) is 9.76. The molecule has 0 aromatic heterocycles. The Kier molecular flexibility index (Phi) is 8.53. The SMILES string of the molecule is CCc1ccc(OCCCC(=O)Nc2ccc(C(=O)OCC(C)C)cc2)cc1. The first kappa shape index (κ1) is 21.5. The molecular weight excluding hydrogens is 354 g/mol. The Morgan fingerprint density at radius 2 is 1.68 bits per heavy atom. The van der Waals surface area contributed by atoms with Crippen molar-refractivity contribution in [3.05, 3.63) is 59.7 Å². The summed E-state index contributed by atoms with van der Waals surface area (Å²) < 4.78 is 10.8. The van der Waals surface area contributed by atoms with Crippen LogP contribution < -0.4 is 10.1 Å². The van der Waals surface area contributed by atoms with E-state index >= 15 is 0 Å². The smallest absolute Gasteiger partial charge is 0.338 e. The predicted molar refractivity (Wildman–Crippen MR) is 111 cm³/mol. The van der Waals surface area contributed by atoms with Gasteiger partial charge in [-0.15, -0.1) is 0 Å². The molecule has 0 aliphatic rings. The molecule has 28 heavy (non-hydrogen) atoms. The van der Waals surface area contributed by atoms with Crippen LogP contribution in [0, 0.1) is 5.92 Å². The van der Waals surface area contributed by atoms with Crippen LogP contribution in [0.25, 0.3) is 0 Å². The molecule has 0 aliphatic carbocycles. The van der Waals surface area contributed by atoms with Gasteiger partial charge in [-0.1, -0.05) is 32.9 Å². The lowest BCUT2D eigenvalue weighted by atomic mass is 10.2. The third-order valence-electron chi connectivity index (χ3n) is 4.10. The molecule has 5 nitrogen and oxygen atoms in total. The molecule has 150 valence electrons. The number of amides is 1. The van der Waals surface area contributed by atoms with Gasteiger partial charge in [0.15, 0.2) is 0 Å². The Balaban J connectivity index is 1.69. The average Bonchev–Trinajstić information content (AvgIpc) is 2.70. The van der Waals surface area contributed by atoms with Crippen molar-refractivity contribution in [2.24, 2.45) is 5.92 Å². The molecule has 1 N–H and O–H groups in total. The molecule has 5 heteroatoms. The summed E-state index contributed by atoms with van der Waals surface area (Å²) >= 11 is 0. The van der Waals surface area contributed by atoms with Gasteiger partial charge in [0.05, 0.1) is 18.8 Å². The van der Waals surface area contributed by atoms with E-state index in [0.717, 1.165) is 12.2 Å². The maximum atomic E-state index is 12.0. The van der Waals surface area contributed by atoms with Gasteiger partial charge in [-0.2, -0.15) is 0 Å². The van der Waals surface area contributed by atoms with Gasteiger partial charge in [-0.3, -0.25) is 4.79 Å². The topological polar surface area (TPSA) is 64.6 Å². The van der Waals surface area contributed by atoms with Crippen LogP contribution in [0.15, 0.2) is 48.5 Å². The summed E-state index contributed by atoms with van der Waals surface area (Å²) in [7, 11) is 0. The van der Waals surface area contributed by atoms with Crippen LogP contribution in [0.4, 0.5) is 5.69 Å². The second-order valence-corrected chi connectivity index (χ2v) is 7.07. The van der Waals surface area contributed by atoms with Crippen LogP contribution in [0.2, 0.25) is 0 Å². The van der Waals surface area contributed by atoms with E-state index < -0.39 is 0 Å². The van der Waals surface area contributed by atoms with E-state index in [4.69, 9.17) is 9.47 Å². The summed E-state index contributed by atoms with van der Waals surface area (Å²) in [6, 6.07) is 14.7. The van der Waals surface area contributed by atoms with Crippen LogP contribution >= 0.6 is 0 Å². The quantitative estimate of drug-likeness (QED) is 0.470. The molecule has 0 saturated carbocycles. The van der Waals surface area contributed by atoms with Crippen molar-refractivity contribution in [1.29, 1.82) is 0 Å². The lowest BCUT2D eigenvalue weighted by Gasteiger charge is -2.09. The number of hydrogen-bond acceptors (Lipinski definition) is 4. The molecule has 0 bridgehead atoms. The minimum atomic E-state index is -0.351. The van der Waals surface area contributed by atoms with Gasteiger partial charge in [-0.25, -0.2) is 4.79 Å². The van der Waals surface area contributed by atoms with Crippen molar-refractivity contribution in [3.63, 3.8) is 0 Å². The van der Waals surface area contributed by atoms with Gasteiger partial charge in [0.1, 0.15) is 5.75 Å². The summed E-state index contributed by atoms with van der Waals surface area (Å²) in [4.78, 5) is 23.9. The number of esters is 1. The van der Waals surface area contributed by atoms with E-state index in [2.05, 4.69) is 12.2 Å². The fourth-order valence-electron chi connectivity index (χ4n) is 2.48. The number of anilines is 1. The van der Waals surface area contributed by atoms with Gasteiger partial charge in [0.25, 0.3) is 0 Å². The zero-order valence-electron chi connectivity index (χ0n) is 16.9. The summed E-state index contributed by atoms with van der Waals surface area (Å²) in [5, 5.41) is 2.83. The van der Waals surface area contributed by atoms with Gasteiger partial charge in [0, 0.05) is 12.1 Å². The van der Waals surface area contributed by atoms with Crippen LogP contribution in [0.3, 0.4) is 0 Å². The largest absolute Gasteiger partial charge is 0.494 e. The summed E-state index contributed by atoms with van der Waals surface area (Å²) in [6.07, 6.45) is 1.99. The molecule has 1 amide bonds. The first-order chi connectivity index (χ1) is 13.5. The number of carbonyl (C=O) groups is 2. The standard InChI is InChI=1S/C23H29NO4/c1-4-18-7-13-21(14-8-18)27-15-5-6-22(25)24-20-11-9-19(10-12-20)23(26)28-16-17(2)3/h7-14,17H,4-6,15-16H2,1-3H3,(H,24,25). The number of nitrogens with one attached hydrogen (secondary N) is 1. The van der Waals surface area contributed by atoms with Crippen molar-refractivity contribution in [1.82, 2.24) is 0 Å². The maximum absolute atomic E-state index is 12.0. The van der Waals surface area contributed by atoms with E-state index in [1.165, 1.54) is 5.56 Å². The Morgan fingerprint density at radius 1 is 1.00 bits per heavy atom. The van der Waals surface area contributed by atoms with Crippen LogP contribution in [0.1, 0.15) is 49.5 Å². The average molecular weight is 383 g/mol. The molecule has 0 unspecified atom stereocenters. The molecule has 0 spiro atoms. The Labute approximate surface area is 167 Å². The second-order valence-electron chi connectivity index (χ2n) is 7.07. The lowest BCUT2D eigenvalue weighted by Crippen LogP contribution is -2.13. The maximum Gasteiger partial charge on any atom is 0.338 e. The van der Waals surface area contributed by atoms with E-state index in [-0.39, 0.29) is 11.9 Å². The number of ether oxygens (including phenoxy) is 2. The first-order valence-corrected chi connectivity index (χ1v) is 9.76. The van der Waals surface area contributed by atoms with E-state index in [1.807, 2.05) is 38.1 Å². The minimum Gasteiger partial charge on any atom is -0.494 e. The third kappa shape index (κ3) is 7.43. The molecule has 2 aromatic carbocycles. The zero-order chi connectivity index (χ0) is 20.4. The van der Waals surface area contributed by atoms with Crippen molar-refractivity contribution in [2.75, 3.05) is 18.5 Å². The molecule has 0 aliphatic heterocycles. The molecule has 2 rings (SSSR count). The van der Waals surface area contributed by atoms with E-state index in [1.54, 1.807) is 24.3 Å². The Bertz CT molecular complexity index is 751. The van der Waals surface area contributed by atoms with Crippen molar-refractivity contribution < 1.29 is 19.1 Å². The van der Waals surface area contributed by atoms with E-state index in [0.29, 0.717) is 43.2 Å². The van der Waals surface area contributed by atoms with Crippen molar-refractivity contribution in [3.8, 4) is 5.75 Å². The fourth-order valence-corrected chi connectivity index (χ4v) is 2.48. The zero-order valence-corrected chi connectivity index (χ0v) is 16.9. The van der Waals surface area contributed by atoms with Gasteiger partial charge >= 0.3 is 5.97 Å². The summed E-state index contributed by atoms with van der Waals surface area (Å²) in [5.74, 6) is 0.676. The lowest BCUT2D eigenvalue weighted by molar-refractivity contribution is -0.116. The third-order valence-corrected chi connectivity index (χ3v) is 4.10. The highest BCUT2D eigenvalue weighted by molar-refractivity contribution is 5.93. The normalized spacial score (nSPS) is 10.6. The highest BCUT2D eigenvalue weighted by Crippen LogP contribution is 2.14. The number of rotatable bonds is 10. The molecule has 0 fully saturated rings. The molecule has 0 radical (unpaired) electrons. The number of benzene rings is 2. The van der Waals surface area contributed by atoms with Crippen LogP contribution in [0.5, 0.6) is 5.75 Å². The molecule has 0 atom stereocenters. The summed E-state index contributed by atoms with van der Waals surface area (Å²) in [6.45, 7) is 6.96. The van der Waals surface area contributed by atoms with Crippen molar-refractivity contribution in [2.45, 2.75) is 40.0 Å². The highest BCUT2D eigenvalue weighted by atomic mass is 16.5. The fraction of sp³-hybridized carbons (Fsp3) is 0.391. The Hall–Kier alpha value is -2.82. The second kappa shape index (κ2) is 11.1. The van der Waals surface area contributed by atoms with E-state index in [9.17, 15) is 9.59 Å². The van der Waals surface area contributed by atoms with Gasteiger partial charge < -0.3 is 14.8 Å². The van der Waals surface area contributed by atoms with Crippen LogP contribution in [-0.4, -0.2) is 25.1 Å². The van der Waals surface area contributed by atoms with Crippen LogP contribution in [-0.2, 0) is 16.0 Å². The number of carbonyl (C=O) groups excluding carboxylic acids is 2. The highest BCUT2D eigenvalue weighted by Gasteiger charge is 2.09. The minimum absolute atomic E-state index is 0.0833. The Morgan fingerprint density at radius 3 is 2.29 bits per heavy atom. The molecule has 2 aromatic rings. The monoisotopic (exact) mass is 383 g/mol. The molecular formula is C23H29NO4. The molecule has 0 heterocycles. The number of aryl methyl sites for hydroxylation is 1. The predicted octanol–water partition coefficient (Wildman–Crippen LogP) is 4.86. The summed E-state index contributed by atoms with van der Waals surface area (Å²) in [5.41, 5.74) is 2.40.